The number of para-hydroxylation sites is 1. The van der Waals surface area contributed by atoms with Crippen LogP contribution in [0.4, 0.5) is 5.69 Å². The maximum Gasteiger partial charge on any atom is 0.209 e. The van der Waals surface area contributed by atoms with E-state index in [9.17, 15) is 0 Å². The summed E-state index contributed by atoms with van der Waals surface area (Å²) in [6, 6.07) is 17.8. The number of rotatable bonds is 5. The molecule has 0 spiro atoms. The summed E-state index contributed by atoms with van der Waals surface area (Å²) in [5.41, 5.74) is 11.1. The normalized spacial score (nSPS) is 24.5. The molecule has 0 radical (unpaired) electrons. The zero-order chi connectivity index (χ0) is 26.4. The van der Waals surface area contributed by atoms with Crippen LogP contribution >= 0.6 is 11.6 Å². The Labute approximate surface area is 229 Å². The van der Waals surface area contributed by atoms with Crippen LogP contribution in [0.15, 0.2) is 94.6 Å². The van der Waals surface area contributed by atoms with Gasteiger partial charge in [0.2, 0.25) is 5.69 Å². The summed E-state index contributed by atoms with van der Waals surface area (Å²) in [4.78, 5) is 0. The summed E-state index contributed by atoms with van der Waals surface area (Å²) < 4.78 is 2.45. The van der Waals surface area contributed by atoms with Crippen LogP contribution in [0.25, 0.3) is 0 Å². The predicted octanol–water partition coefficient (Wildman–Crippen LogP) is 9.65. The molecule has 1 atom stereocenters. The quantitative estimate of drug-likeness (QED) is 0.352. The first-order valence-corrected chi connectivity index (χ1v) is 14.4. The van der Waals surface area contributed by atoms with Gasteiger partial charge in [-0.2, -0.15) is 4.58 Å². The second-order valence-corrected chi connectivity index (χ2v) is 12.2. The molecule has 192 valence electrons. The Kier molecular flexibility index (Phi) is 6.96. The molecule has 1 aliphatic heterocycles. The molecule has 1 nitrogen and oxygen atoms in total. The van der Waals surface area contributed by atoms with Gasteiger partial charge in [0.1, 0.15) is 6.54 Å². The van der Waals surface area contributed by atoms with Gasteiger partial charge >= 0.3 is 0 Å². The lowest BCUT2D eigenvalue weighted by Crippen LogP contribution is -2.27. The molecule has 2 aliphatic carbocycles. The van der Waals surface area contributed by atoms with Crippen molar-refractivity contribution in [2.75, 3.05) is 6.54 Å². The van der Waals surface area contributed by atoms with Crippen molar-refractivity contribution in [2.45, 2.75) is 84.0 Å². The van der Waals surface area contributed by atoms with E-state index in [4.69, 9.17) is 11.6 Å². The fourth-order valence-corrected chi connectivity index (χ4v) is 7.27. The van der Waals surface area contributed by atoms with Crippen molar-refractivity contribution in [3.63, 3.8) is 0 Å². The van der Waals surface area contributed by atoms with Gasteiger partial charge in [0.25, 0.3) is 0 Å². The average molecular weight is 511 g/mol. The summed E-state index contributed by atoms with van der Waals surface area (Å²) in [6.07, 6.45) is 13.7. The molecule has 0 saturated carbocycles. The zero-order valence-electron chi connectivity index (χ0n) is 23.4. The van der Waals surface area contributed by atoms with Gasteiger partial charge in [-0.1, -0.05) is 98.6 Å². The molecule has 2 aromatic carbocycles. The standard InChI is InChI=1S/C35H41ClN/c1-7-26-27-16-9-10-17-28(27)34(3,4)29(26)22-20-24-14-13-15-25(33(24)36)21-23-32-35(5,6)30-18-11-12-19-31(30)37(32)8-2/h9-12,16-23,26H,7-8,13-15H2,1-6H3/q+1. The molecule has 0 fully saturated rings. The lowest BCUT2D eigenvalue weighted by Gasteiger charge is -2.24. The Bertz CT molecular complexity index is 1380. The molecule has 0 aromatic heterocycles. The van der Waals surface area contributed by atoms with E-state index in [2.05, 4.69) is 119 Å². The summed E-state index contributed by atoms with van der Waals surface area (Å²) in [6.45, 7) is 14.9. The Morgan fingerprint density at radius 3 is 2.30 bits per heavy atom. The molecular formula is C35H41ClN+. The molecule has 1 heterocycles. The number of halogens is 1. The van der Waals surface area contributed by atoms with Crippen LogP contribution in [0.5, 0.6) is 0 Å². The number of hydrogen-bond donors (Lipinski definition) is 0. The number of allylic oxidation sites excluding steroid dienone is 8. The first kappa shape index (κ1) is 26.0. The SMILES string of the molecule is CCC1C(=CC=C2CCCC(C=CC3=[N+](CC)c4ccccc4C3(C)C)=C2Cl)C(C)(C)c2ccccc21. The van der Waals surface area contributed by atoms with Crippen LogP contribution in [-0.4, -0.2) is 16.8 Å². The molecule has 0 bridgehead atoms. The van der Waals surface area contributed by atoms with E-state index in [1.165, 1.54) is 44.8 Å². The number of fused-ring (bicyclic) bond motifs is 2. The largest absolute Gasteiger partial charge is 0.209 e. The predicted molar refractivity (Wildman–Crippen MR) is 159 cm³/mol. The zero-order valence-corrected chi connectivity index (χ0v) is 24.1. The minimum absolute atomic E-state index is 0.0217. The van der Waals surface area contributed by atoms with Crippen molar-refractivity contribution in [3.8, 4) is 0 Å². The average Bonchev–Trinajstić information content (AvgIpc) is 3.25. The highest BCUT2D eigenvalue weighted by Gasteiger charge is 2.43. The van der Waals surface area contributed by atoms with Crippen molar-refractivity contribution < 1.29 is 4.58 Å². The lowest BCUT2D eigenvalue weighted by atomic mass is 9.80. The molecule has 3 aliphatic rings. The lowest BCUT2D eigenvalue weighted by molar-refractivity contribution is -0.433. The van der Waals surface area contributed by atoms with Crippen LogP contribution in [-0.2, 0) is 10.8 Å². The van der Waals surface area contributed by atoms with Gasteiger partial charge in [-0.05, 0) is 68.7 Å². The van der Waals surface area contributed by atoms with Crippen LogP contribution < -0.4 is 0 Å². The van der Waals surface area contributed by atoms with E-state index in [-0.39, 0.29) is 10.8 Å². The van der Waals surface area contributed by atoms with Crippen molar-refractivity contribution in [3.05, 3.63) is 111 Å². The Morgan fingerprint density at radius 1 is 0.865 bits per heavy atom. The minimum Gasteiger partial charge on any atom is -0.195 e. The van der Waals surface area contributed by atoms with Gasteiger partial charge in [0.15, 0.2) is 5.71 Å². The van der Waals surface area contributed by atoms with Crippen LogP contribution in [0.1, 0.15) is 89.8 Å². The van der Waals surface area contributed by atoms with E-state index < -0.39 is 0 Å². The Balaban J connectivity index is 1.48. The highest BCUT2D eigenvalue weighted by atomic mass is 35.5. The molecular weight excluding hydrogens is 470 g/mol. The molecule has 2 heteroatoms. The second-order valence-electron chi connectivity index (χ2n) is 11.8. The highest BCUT2D eigenvalue weighted by molar-refractivity contribution is 6.32. The van der Waals surface area contributed by atoms with Gasteiger partial charge in [0, 0.05) is 34.1 Å². The van der Waals surface area contributed by atoms with Crippen LogP contribution in [0.3, 0.4) is 0 Å². The molecule has 0 N–H and O–H groups in total. The minimum atomic E-state index is -0.0217. The summed E-state index contributed by atoms with van der Waals surface area (Å²) in [5.74, 6) is 0.483. The van der Waals surface area contributed by atoms with Gasteiger partial charge in [0.05, 0.1) is 5.41 Å². The van der Waals surface area contributed by atoms with Gasteiger partial charge in [-0.25, -0.2) is 0 Å². The monoisotopic (exact) mass is 510 g/mol. The first-order valence-electron chi connectivity index (χ1n) is 14.0. The van der Waals surface area contributed by atoms with Crippen molar-refractivity contribution in [1.82, 2.24) is 0 Å². The van der Waals surface area contributed by atoms with Crippen LogP contribution in [0, 0.1) is 0 Å². The van der Waals surface area contributed by atoms with E-state index in [1.54, 1.807) is 0 Å². The molecule has 2 aromatic rings. The fourth-order valence-electron chi connectivity index (χ4n) is 6.95. The van der Waals surface area contributed by atoms with Gasteiger partial charge in [-0.15, -0.1) is 0 Å². The summed E-state index contributed by atoms with van der Waals surface area (Å²) >= 11 is 7.09. The topological polar surface area (TPSA) is 3.01 Å². The van der Waals surface area contributed by atoms with Crippen LogP contribution in [0.2, 0.25) is 0 Å². The molecule has 0 saturated heterocycles. The molecule has 1 unspecified atom stereocenters. The summed E-state index contributed by atoms with van der Waals surface area (Å²) in [5, 5.41) is 0.942. The van der Waals surface area contributed by atoms with Gasteiger partial charge < -0.3 is 0 Å². The molecule has 37 heavy (non-hydrogen) atoms. The fraction of sp³-hybridized carbons (Fsp3) is 0.400. The molecule has 5 rings (SSSR count). The second kappa shape index (κ2) is 9.91. The maximum atomic E-state index is 7.09. The number of nitrogens with zero attached hydrogens (tertiary/aromatic N) is 1. The van der Waals surface area contributed by atoms with Gasteiger partial charge in [-0.3, -0.25) is 0 Å². The van der Waals surface area contributed by atoms with Crippen molar-refractivity contribution in [2.24, 2.45) is 0 Å². The Morgan fingerprint density at radius 2 is 1.57 bits per heavy atom. The number of hydrogen-bond acceptors (Lipinski definition) is 0. The van der Waals surface area contributed by atoms with Crippen molar-refractivity contribution >= 4 is 23.0 Å². The third-order valence-corrected chi connectivity index (χ3v) is 9.48. The Hall–Kier alpha value is -2.64. The first-order chi connectivity index (χ1) is 17.7. The third kappa shape index (κ3) is 4.30. The number of benzene rings is 2. The van der Waals surface area contributed by atoms with E-state index >= 15 is 0 Å². The smallest absolute Gasteiger partial charge is 0.195 e. The summed E-state index contributed by atoms with van der Waals surface area (Å²) in [7, 11) is 0. The maximum absolute atomic E-state index is 7.09. The highest BCUT2D eigenvalue weighted by Crippen LogP contribution is 2.51. The van der Waals surface area contributed by atoms with E-state index in [1.807, 2.05) is 0 Å². The molecule has 0 amide bonds. The van der Waals surface area contributed by atoms with E-state index in [0.717, 1.165) is 37.3 Å². The third-order valence-electron chi connectivity index (χ3n) is 8.99. The van der Waals surface area contributed by atoms with E-state index in [0.29, 0.717) is 5.92 Å². The van der Waals surface area contributed by atoms with Crippen molar-refractivity contribution in [1.29, 1.82) is 0 Å².